The van der Waals surface area contributed by atoms with E-state index in [0.717, 1.165) is 48.1 Å². The number of pyridine rings is 1. The zero-order chi connectivity index (χ0) is 19.9. The van der Waals surface area contributed by atoms with Gasteiger partial charge in [-0.15, -0.1) is 0 Å². The number of fused-ring (bicyclic) bond motifs is 1. The molecule has 0 aliphatic carbocycles. The molecule has 0 unspecified atom stereocenters. The molecule has 2 aromatic heterocycles. The van der Waals surface area contributed by atoms with Crippen LogP contribution in [0.3, 0.4) is 0 Å². The summed E-state index contributed by atoms with van der Waals surface area (Å²) in [4.78, 5) is 9.33. The van der Waals surface area contributed by atoms with Crippen molar-refractivity contribution in [2.24, 2.45) is 4.99 Å². The molecule has 28 heavy (non-hydrogen) atoms. The van der Waals surface area contributed by atoms with Crippen LogP contribution in [0.5, 0.6) is 5.75 Å². The van der Waals surface area contributed by atoms with E-state index in [9.17, 15) is 0 Å². The molecule has 0 saturated carbocycles. The second-order valence-electron chi connectivity index (χ2n) is 6.80. The molecule has 6 heteroatoms. The summed E-state index contributed by atoms with van der Waals surface area (Å²) in [7, 11) is 1.71. The maximum absolute atomic E-state index is 5.41. The fourth-order valence-corrected chi connectivity index (χ4v) is 3.12. The fraction of sp³-hybridized carbons (Fsp3) is 0.364. The Labute approximate surface area is 166 Å². The van der Waals surface area contributed by atoms with E-state index in [1.807, 2.05) is 12.1 Å². The van der Waals surface area contributed by atoms with Crippen molar-refractivity contribution >= 4 is 11.6 Å². The van der Waals surface area contributed by atoms with Crippen LogP contribution in [-0.4, -0.2) is 35.5 Å². The number of methoxy groups -OCH3 is 1. The molecule has 0 amide bonds. The standard InChI is InChI=1S/C22H29N5O/c1-5-23-22(24-12-11-18-10-9-16(2)20(13-18)28-4)25-14-19-15-27-17(3)7-6-8-21(27)26-19/h6-10,13,15H,5,11-12,14H2,1-4H3,(H2,23,24,25). The second-order valence-corrected chi connectivity index (χ2v) is 6.80. The van der Waals surface area contributed by atoms with Gasteiger partial charge in [0.25, 0.3) is 0 Å². The number of imidazole rings is 1. The zero-order valence-electron chi connectivity index (χ0n) is 17.1. The molecule has 3 rings (SSSR count). The number of rotatable bonds is 7. The second kappa shape index (κ2) is 9.26. The van der Waals surface area contributed by atoms with E-state index in [4.69, 9.17) is 4.74 Å². The van der Waals surface area contributed by atoms with Crippen molar-refractivity contribution in [2.75, 3.05) is 20.2 Å². The van der Waals surface area contributed by atoms with Crippen molar-refractivity contribution in [3.05, 3.63) is 65.1 Å². The van der Waals surface area contributed by atoms with Crippen LogP contribution in [0.2, 0.25) is 0 Å². The van der Waals surface area contributed by atoms with Gasteiger partial charge in [-0.25, -0.2) is 9.98 Å². The van der Waals surface area contributed by atoms with E-state index in [1.54, 1.807) is 7.11 Å². The van der Waals surface area contributed by atoms with Gasteiger partial charge in [-0.2, -0.15) is 0 Å². The molecular formula is C22H29N5O. The van der Waals surface area contributed by atoms with Gasteiger partial charge < -0.3 is 19.8 Å². The number of aliphatic imine (C=N–C) groups is 1. The predicted octanol–water partition coefficient (Wildman–Crippen LogP) is 3.26. The van der Waals surface area contributed by atoms with Crippen LogP contribution < -0.4 is 15.4 Å². The SMILES string of the molecule is CCNC(=NCc1cn2c(C)cccc2n1)NCCc1ccc(C)c(OC)c1. The Balaban J connectivity index is 1.61. The Hall–Kier alpha value is -3.02. The lowest BCUT2D eigenvalue weighted by molar-refractivity contribution is 0.411. The molecule has 148 valence electrons. The average Bonchev–Trinajstić information content (AvgIpc) is 3.12. The molecule has 6 nitrogen and oxygen atoms in total. The number of nitrogens with zero attached hydrogens (tertiary/aromatic N) is 3. The van der Waals surface area contributed by atoms with Gasteiger partial charge >= 0.3 is 0 Å². The van der Waals surface area contributed by atoms with E-state index in [-0.39, 0.29) is 0 Å². The monoisotopic (exact) mass is 379 g/mol. The van der Waals surface area contributed by atoms with Gasteiger partial charge in [-0.3, -0.25) is 0 Å². The summed E-state index contributed by atoms with van der Waals surface area (Å²) < 4.78 is 7.50. The molecule has 3 aromatic rings. The molecule has 2 heterocycles. The number of aromatic nitrogens is 2. The first-order chi connectivity index (χ1) is 13.6. The highest BCUT2D eigenvalue weighted by molar-refractivity contribution is 5.79. The number of aryl methyl sites for hydroxylation is 2. The van der Waals surface area contributed by atoms with Crippen LogP contribution in [0, 0.1) is 13.8 Å². The van der Waals surface area contributed by atoms with Crippen LogP contribution in [0.25, 0.3) is 5.65 Å². The van der Waals surface area contributed by atoms with E-state index < -0.39 is 0 Å². The van der Waals surface area contributed by atoms with Crippen LogP contribution in [0.15, 0.2) is 47.6 Å². The van der Waals surface area contributed by atoms with E-state index >= 15 is 0 Å². The van der Waals surface area contributed by atoms with Crippen molar-refractivity contribution in [1.82, 2.24) is 20.0 Å². The van der Waals surface area contributed by atoms with Crippen LogP contribution in [0.4, 0.5) is 0 Å². The number of guanidine groups is 1. The van der Waals surface area contributed by atoms with Gasteiger partial charge in [0, 0.05) is 25.0 Å². The first-order valence-electron chi connectivity index (χ1n) is 9.70. The summed E-state index contributed by atoms with van der Waals surface area (Å²) in [5, 5.41) is 6.70. The molecule has 0 fully saturated rings. The maximum Gasteiger partial charge on any atom is 0.191 e. The molecule has 0 aliphatic rings. The Morgan fingerprint density at radius 1 is 1.18 bits per heavy atom. The summed E-state index contributed by atoms with van der Waals surface area (Å²) in [6.45, 7) is 8.34. The van der Waals surface area contributed by atoms with Crippen LogP contribution in [0.1, 0.15) is 29.4 Å². The number of ether oxygens (including phenoxy) is 1. The van der Waals surface area contributed by atoms with Crippen LogP contribution in [-0.2, 0) is 13.0 Å². The van der Waals surface area contributed by atoms with E-state index in [1.165, 1.54) is 11.3 Å². The van der Waals surface area contributed by atoms with E-state index in [2.05, 4.69) is 76.2 Å². The molecule has 2 N–H and O–H groups in total. The lowest BCUT2D eigenvalue weighted by Crippen LogP contribution is -2.38. The molecule has 0 saturated heterocycles. The summed E-state index contributed by atoms with van der Waals surface area (Å²) in [5.41, 5.74) is 5.46. The zero-order valence-corrected chi connectivity index (χ0v) is 17.1. The molecule has 0 aliphatic heterocycles. The van der Waals surface area contributed by atoms with Gasteiger partial charge in [-0.1, -0.05) is 18.2 Å². The number of nitrogens with one attached hydrogen (secondary N) is 2. The Morgan fingerprint density at radius 3 is 2.79 bits per heavy atom. The third-order valence-corrected chi connectivity index (χ3v) is 4.67. The molecule has 0 radical (unpaired) electrons. The Morgan fingerprint density at radius 2 is 2.04 bits per heavy atom. The van der Waals surface area contributed by atoms with Gasteiger partial charge in [0.05, 0.1) is 19.3 Å². The molecule has 1 aromatic carbocycles. The minimum atomic E-state index is 0.537. The van der Waals surface area contributed by atoms with Crippen molar-refractivity contribution in [1.29, 1.82) is 0 Å². The molecule has 0 spiro atoms. The lowest BCUT2D eigenvalue weighted by atomic mass is 10.1. The topological polar surface area (TPSA) is 63.0 Å². The molecule has 0 bridgehead atoms. The Bertz CT molecular complexity index is 961. The first kappa shape index (κ1) is 19.7. The van der Waals surface area contributed by atoms with Crippen LogP contribution >= 0.6 is 0 Å². The lowest BCUT2D eigenvalue weighted by Gasteiger charge is -2.12. The normalized spacial score (nSPS) is 11.6. The summed E-state index contributed by atoms with van der Waals surface area (Å²) in [6, 6.07) is 12.4. The van der Waals surface area contributed by atoms with Gasteiger partial charge in [-0.05, 0) is 56.5 Å². The molecular weight excluding hydrogens is 350 g/mol. The highest BCUT2D eigenvalue weighted by Gasteiger charge is 2.04. The van der Waals surface area contributed by atoms with Crippen molar-refractivity contribution in [3.63, 3.8) is 0 Å². The maximum atomic E-state index is 5.41. The smallest absolute Gasteiger partial charge is 0.191 e. The van der Waals surface area contributed by atoms with Gasteiger partial charge in [0.15, 0.2) is 5.96 Å². The van der Waals surface area contributed by atoms with Gasteiger partial charge in [0.1, 0.15) is 11.4 Å². The largest absolute Gasteiger partial charge is 0.496 e. The highest BCUT2D eigenvalue weighted by Crippen LogP contribution is 2.19. The molecule has 0 atom stereocenters. The first-order valence-corrected chi connectivity index (χ1v) is 9.70. The average molecular weight is 380 g/mol. The minimum Gasteiger partial charge on any atom is -0.496 e. The van der Waals surface area contributed by atoms with Crippen molar-refractivity contribution < 1.29 is 4.74 Å². The fourth-order valence-electron chi connectivity index (χ4n) is 3.12. The highest BCUT2D eigenvalue weighted by atomic mass is 16.5. The third kappa shape index (κ3) is 4.82. The minimum absolute atomic E-state index is 0.537. The number of hydrogen-bond donors (Lipinski definition) is 2. The summed E-state index contributed by atoms with van der Waals surface area (Å²) in [5.74, 6) is 1.73. The quantitative estimate of drug-likeness (QED) is 0.489. The number of hydrogen-bond acceptors (Lipinski definition) is 3. The predicted molar refractivity (Wildman–Crippen MR) is 114 cm³/mol. The van der Waals surface area contributed by atoms with Gasteiger partial charge in [0.2, 0.25) is 0 Å². The third-order valence-electron chi connectivity index (χ3n) is 4.67. The Kier molecular flexibility index (Phi) is 6.53. The summed E-state index contributed by atoms with van der Waals surface area (Å²) >= 11 is 0. The van der Waals surface area contributed by atoms with Crippen molar-refractivity contribution in [2.45, 2.75) is 33.7 Å². The van der Waals surface area contributed by atoms with Crippen molar-refractivity contribution in [3.8, 4) is 5.75 Å². The summed E-state index contributed by atoms with van der Waals surface area (Å²) in [6.07, 6.45) is 2.95. The number of benzene rings is 1. The van der Waals surface area contributed by atoms with E-state index in [0.29, 0.717) is 6.54 Å².